The lowest BCUT2D eigenvalue weighted by Crippen LogP contribution is -2.15. The third-order valence-corrected chi connectivity index (χ3v) is 4.85. The molecule has 1 aliphatic rings. The van der Waals surface area contributed by atoms with E-state index in [1.165, 1.54) is 83.5 Å². The lowest BCUT2D eigenvalue weighted by atomic mass is 10.0. The zero-order chi connectivity index (χ0) is 16.1. The summed E-state index contributed by atoms with van der Waals surface area (Å²) in [6.45, 7) is 2.21. The van der Waals surface area contributed by atoms with Gasteiger partial charge in [-0.1, -0.05) is 90.4 Å². The van der Waals surface area contributed by atoms with Crippen LogP contribution in [0.2, 0.25) is 0 Å². The third-order valence-electron chi connectivity index (χ3n) is 4.85. The van der Waals surface area contributed by atoms with Crippen molar-refractivity contribution in [2.24, 2.45) is 0 Å². The molecule has 0 radical (unpaired) electrons. The van der Waals surface area contributed by atoms with E-state index in [2.05, 4.69) is 6.92 Å². The number of aliphatic hydroxyl groups excluding tert-OH is 1. The van der Waals surface area contributed by atoms with Crippen molar-refractivity contribution in [2.45, 2.75) is 115 Å². The first kappa shape index (κ1) is 19.9. The number of unbranched alkanes of at least 4 members (excludes halogenated alkanes) is 13. The monoisotopic (exact) mass is 314 g/mol. The average Bonchev–Trinajstić information content (AvgIpc) is 3.18. The van der Waals surface area contributed by atoms with Crippen LogP contribution in [0.1, 0.15) is 103 Å². The minimum atomic E-state index is -0.994. The molecule has 2 N–H and O–H groups in total. The highest BCUT2D eigenvalue weighted by Gasteiger charge is 2.54. The highest BCUT2D eigenvalue weighted by molar-refractivity contribution is 4.91. The van der Waals surface area contributed by atoms with Crippen molar-refractivity contribution in [1.29, 1.82) is 0 Å². The van der Waals surface area contributed by atoms with Gasteiger partial charge in [0.15, 0.2) is 5.79 Å². The summed E-state index contributed by atoms with van der Waals surface area (Å²) in [5, 5.41) is 18.7. The topological polar surface area (TPSA) is 53.0 Å². The molecule has 0 aromatic rings. The van der Waals surface area contributed by atoms with Crippen molar-refractivity contribution in [3.05, 3.63) is 0 Å². The maximum Gasteiger partial charge on any atom is 0.195 e. The first-order valence-electron chi connectivity index (χ1n) is 9.74. The van der Waals surface area contributed by atoms with Crippen LogP contribution in [0.25, 0.3) is 0 Å². The maximum atomic E-state index is 9.80. The van der Waals surface area contributed by atoms with E-state index in [0.717, 1.165) is 6.42 Å². The van der Waals surface area contributed by atoms with Gasteiger partial charge in [0, 0.05) is 6.42 Å². The van der Waals surface area contributed by atoms with Gasteiger partial charge in [-0.15, -0.1) is 0 Å². The Morgan fingerprint density at radius 3 is 1.50 bits per heavy atom. The number of hydrogen-bond acceptors (Lipinski definition) is 3. The van der Waals surface area contributed by atoms with Gasteiger partial charge in [0.2, 0.25) is 0 Å². The quantitative estimate of drug-likeness (QED) is 0.313. The Morgan fingerprint density at radius 2 is 1.14 bits per heavy atom. The fourth-order valence-electron chi connectivity index (χ4n) is 3.18. The van der Waals surface area contributed by atoms with Gasteiger partial charge in [-0.3, -0.25) is 0 Å². The van der Waals surface area contributed by atoms with Crippen LogP contribution in [-0.4, -0.2) is 28.7 Å². The van der Waals surface area contributed by atoms with E-state index < -0.39 is 5.79 Å². The molecule has 0 aromatic carbocycles. The highest BCUT2D eigenvalue weighted by Crippen LogP contribution is 2.37. The molecule has 0 aliphatic carbocycles. The van der Waals surface area contributed by atoms with Crippen LogP contribution in [0.3, 0.4) is 0 Å². The maximum absolute atomic E-state index is 9.80. The fraction of sp³-hybridized carbons (Fsp3) is 1.00. The molecule has 132 valence electrons. The average molecular weight is 315 g/mol. The molecule has 0 saturated carbocycles. The Kier molecular flexibility index (Phi) is 11.2. The van der Waals surface area contributed by atoms with Crippen LogP contribution in [-0.2, 0) is 4.74 Å². The van der Waals surface area contributed by atoms with Crippen molar-refractivity contribution >= 4 is 0 Å². The van der Waals surface area contributed by atoms with Crippen molar-refractivity contribution < 1.29 is 14.9 Å². The van der Waals surface area contributed by atoms with Gasteiger partial charge in [0.05, 0.1) is 6.61 Å². The number of rotatable bonds is 16. The van der Waals surface area contributed by atoms with Crippen molar-refractivity contribution in [3.63, 3.8) is 0 Å². The van der Waals surface area contributed by atoms with Gasteiger partial charge in [-0.05, 0) is 6.42 Å². The first-order chi connectivity index (χ1) is 10.7. The lowest BCUT2D eigenvalue weighted by molar-refractivity contribution is 0.0262. The van der Waals surface area contributed by atoms with Crippen LogP contribution in [0.15, 0.2) is 0 Å². The molecule has 3 heteroatoms. The highest BCUT2D eigenvalue weighted by atomic mass is 16.7. The molecule has 0 bridgehead atoms. The van der Waals surface area contributed by atoms with Gasteiger partial charge in [-0.25, -0.2) is 0 Å². The van der Waals surface area contributed by atoms with E-state index in [0.29, 0.717) is 6.42 Å². The molecule has 3 nitrogen and oxygen atoms in total. The van der Waals surface area contributed by atoms with E-state index in [9.17, 15) is 5.11 Å². The van der Waals surface area contributed by atoms with Crippen molar-refractivity contribution in [2.75, 3.05) is 6.61 Å². The van der Waals surface area contributed by atoms with Gasteiger partial charge in [0.25, 0.3) is 0 Å². The molecule has 0 spiro atoms. The normalized spacial score (nSPS) is 23.9. The van der Waals surface area contributed by atoms with E-state index in [1.807, 2.05) is 0 Å². The minimum Gasteiger partial charge on any atom is -0.393 e. The smallest absolute Gasteiger partial charge is 0.195 e. The summed E-state index contributed by atoms with van der Waals surface area (Å²) in [7, 11) is 0. The molecule has 0 amide bonds. The molecule has 1 rings (SSSR count). The Balaban J connectivity index is 1.70. The molecule has 1 fully saturated rings. The summed E-state index contributed by atoms with van der Waals surface area (Å²) in [5.41, 5.74) is 0. The number of epoxide rings is 1. The minimum absolute atomic E-state index is 0.0604. The second-order valence-corrected chi connectivity index (χ2v) is 6.98. The zero-order valence-corrected chi connectivity index (χ0v) is 14.7. The van der Waals surface area contributed by atoms with E-state index in [4.69, 9.17) is 9.84 Å². The predicted molar refractivity (Wildman–Crippen MR) is 91.8 cm³/mol. The van der Waals surface area contributed by atoms with E-state index in [1.54, 1.807) is 0 Å². The van der Waals surface area contributed by atoms with Gasteiger partial charge < -0.3 is 14.9 Å². The third kappa shape index (κ3) is 9.12. The Morgan fingerprint density at radius 1 is 0.727 bits per heavy atom. The van der Waals surface area contributed by atoms with Gasteiger partial charge in [0.1, 0.15) is 6.10 Å². The molecule has 22 heavy (non-hydrogen) atoms. The summed E-state index contributed by atoms with van der Waals surface area (Å²) in [4.78, 5) is 0. The standard InChI is InChI=1S/C19H38O3/c1-2-3-4-5-6-7-8-9-10-11-12-13-14-15-16-19(21)18(17-20)22-19/h18,20-21H,2-17H2,1H3. The number of ether oxygens (including phenoxy) is 1. The summed E-state index contributed by atoms with van der Waals surface area (Å²) < 4.78 is 5.07. The van der Waals surface area contributed by atoms with E-state index >= 15 is 0 Å². The molecule has 1 saturated heterocycles. The van der Waals surface area contributed by atoms with Crippen LogP contribution >= 0.6 is 0 Å². The fourth-order valence-corrected chi connectivity index (χ4v) is 3.18. The number of hydrogen-bond donors (Lipinski definition) is 2. The molecule has 0 aromatic heterocycles. The molecule has 1 aliphatic heterocycles. The Hall–Kier alpha value is -0.120. The van der Waals surface area contributed by atoms with Crippen LogP contribution in [0.4, 0.5) is 0 Å². The summed E-state index contributed by atoms with van der Waals surface area (Å²) >= 11 is 0. The van der Waals surface area contributed by atoms with Crippen LogP contribution in [0, 0.1) is 0 Å². The second-order valence-electron chi connectivity index (χ2n) is 6.98. The zero-order valence-electron chi connectivity index (χ0n) is 14.7. The SMILES string of the molecule is CCCCCCCCCCCCCCCCC1(O)OC1CO. The summed E-state index contributed by atoms with van der Waals surface area (Å²) in [5.74, 6) is -0.994. The molecular formula is C19H38O3. The summed E-state index contributed by atoms with van der Waals surface area (Å²) in [6, 6.07) is 0. The lowest BCUT2D eigenvalue weighted by Gasteiger charge is -2.05. The van der Waals surface area contributed by atoms with E-state index in [-0.39, 0.29) is 12.7 Å². The predicted octanol–water partition coefficient (Wildman–Crippen LogP) is 4.94. The molecule has 1 heterocycles. The Labute approximate surface area is 137 Å². The number of aliphatic hydroxyl groups is 2. The van der Waals surface area contributed by atoms with Gasteiger partial charge >= 0.3 is 0 Å². The molecule has 2 atom stereocenters. The Bertz CT molecular complexity index is 257. The van der Waals surface area contributed by atoms with Crippen LogP contribution < -0.4 is 0 Å². The largest absolute Gasteiger partial charge is 0.393 e. The molecule has 2 unspecified atom stereocenters. The second kappa shape index (κ2) is 12.3. The molecular weight excluding hydrogens is 276 g/mol. The van der Waals surface area contributed by atoms with Crippen molar-refractivity contribution in [1.82, 2.24) is 0 Å². The van der Waals surface area contributed by atoms with Gasteiger partial charge in [-0.2, -0.15) is 0 Å². The first-order valence-corrected chi connectivity index (χ1v) is 9.74. The van der Waals surface area contributed by atoms with Crippen molar-refractivity contribution in [3.8, 4) is 0 Å². The summed E-state index contributed by atoms with van der Waals surface area (Å²) in [6.07, 6.45) is 19.1. The van der Waals surface area contributed by atoms with Crippen LogP contribution in [0.5, 0.6) is 0 Å².